The fraction of sp³-hybridized carbons (Fsp3) is 1.00. The van der Waals surface area contributed by atoms with Crippen molar-refractivity contribution in [2.24, 2.45) is 0 Å². The Morgan fingerprint density at radius 1 is 0.148 bits per heavy atom. The highest BCUT2D eigenvalue weighted by Gasteiger charge is 2.60. The molecule has 30 heterocycles. The van der Waals surface area contributed by atoms with Crippen molar-refractivity contribution in [2.45, 2.75) is 246 Å². The third-order valence-electron chi connectivity index (χ3n) is 16.7. The molecule has 0 saturated carbocycles. The van der Waals surface area contributed by atoms with Gasteiger partial charge in [-0.25, -0.2) is 0 Å². The van der Waals surface area contributed by atoms with Crippen LogP contribution in [0.5, 0.6) is 0 Å². The lowest BCUT2D eigenvalue weighted by molar-refractivity contribution is -0.396. The number of aliphatic hydroxyl groups is 16. The number of hydrogen-bond donors (Lipinski definition) is 16. The van der Waals surface area contributed by atoms with Crippen LogP contribution in [-0.4, -0.2) is 363 Å². The van der Waals surface area contributed by atoms with Gasteiger partial charge in [0, 0.05) is 35.4 Å². The highest BCUT2D eigenvalue weighted by atomic mass is 127. The predicted molar refractivity (Wildman–Crippen MR) is 355 cm³/mol. The van der Waals surface area contributed by atoms with Crippen LogP contribution in [0.4, 0.5) is 0 Å². The maximum atomic E-state index is 11.7. The van der Waals surface area contributed by atoms with E-state index in [4.69, 9.17) is 75.8 Å². The summed E-state index contributed by atoms with van der Waals surface area (Å²) < 4.78 is 98.2. The summed E-state index contributed by atoms with van der Waals surface area (Å²) in [5, 5.41) is 186. The average Bonchev–Trinajstić information content (AvgIpc) is 1.09. The van der Waals surface area contributed by atoms with E-state index in [1.165, 1.54) is 0 Å². The molecular weight excluding hydrogens is 2100 g/mol. The molecule has 40 atom stereocenters. The molecular formula is C48H72I8O32. The molecule has 0 aromatic carbocycles. The van der Waals surface area contributed by atoms with Crippen LogP contribution in [0.2, 0.25) is 0 Å². The third kappa shape index (κ3) is 16.1. The molecule has 30 aliphatic heterocycles. The highest BCUT2D eigenvalue weighted by molar-refractivity contribution is 14.1. The molecule has 88 heavy (non-hydrogen) atoms. The van der Waals surface area contributed by atoms with Gasteiger partial charge in [0.25, 0.3) is 0 Å². The van der Waals surface area contributed by atoms with Gasteiger partial charge in [-0.15, -0.1) is 0 Å². The van der Waals surface area contributed by atoms with Gasteiger partial charge in [-0.1, -0.05) is 181 Å². The van der Waals surface area contributed by atoms with Crippen molar-refractivity contribution >= 4 is 181 Å². The van der Waals surface area contributed by atoms with Crippen LogP contribution in [0, 0.1) is 0 Å². The Kier molecular flexibility index (Phi) is 29.7. The minimum absolute atomic E-state index is 0.0536. The minimum atomic E-state index is -1.93. The summed E-state index contributed by atoms with van der Waals surface area (Å²) in [7, 11) is 0. The van der Waals surface area contributed by atoms with E-state index in [-0.39, 0.29) is 35.4 Å². The number of ether oxygens (including phenoxy) is 16. The van der Waals surface area contributed by atoms with Crippen LogP contribution in [0.3, 0.4) is 0 Å². The zero-order valence-electron chi connectivity index (χ0n) is 45.5. The second kappa shape index (κ2) is 34.0. The van der Waals surface area contributed by atoms with Crippen molar-refractivity contribution in [3.05, 3.63) is 0 Å². The summed E-state index contributed by atoms with van der Waals surface area (Å²) in [4.78, 5) is 0. The molecule has 0 unspecified atom stereocenters. The fourth-order valence-corrected chi connectivity index (χ4v) is 17.4. The van der Waals surface area contributed by atoms with Crippen molar-refractivity contribution in [3.63, 3.8) is 0 Å². The Bertz CT molecular complexity index is 1730. The van der Waals surface area contributed by atoms with Crippen LogP contribution >= 0.6 is 181 Å². The van der Waals surface area contributed by atoms with Crippen molar-refractivity contribution in [1.29, 1.82) is 0 Å². The maximum Gasteiger partial charge on any atom is 0.187 e. The van der Waals surface area contributed by atoms with E-state index in [2.05, 4.69) is 0 Å². The molecule has 30 saturated heterocycles. The van der Waals surface area contributed by atoms with E-state index >= 15 is 0 Å². The largest absolute Gasteiger partial charge is 0.387 e. The monoisotopic (exact) mass is 2180 g/mol. The number of rotatable bonds is 8. The molecule has 0 amide bonds. The average molecular weight is 2180 g/mol. The van der Waals surface area contributed by atoms with Crippen molar-refractivity contribution in [3.8, 4) is 0 Å². The molecule has 0 spiro atoms. The van der Waals surface area contributed by atoms with Gasteiger partial charge in [-0.3, -0.25) is 0 Å². The zero-order valence-corrected chi connectivity index (χ0v) is 62.7. The Labute approximate surface area is 611 Å². The number of alkyl halides is 8. The second-order valence-electron chi connectivity index (χ2n) is 22.2. The smallest absolute Gasteiger partial charge is 0.187 e. The normalized spacial score (nSPS) is 55.4. The Morgan fingerprint density at radius 2 is 0.239 bits per heavy atom. The number of hydrogen-bond acceptors (Lipinski definition) is 32. The molecule has 16 bridgehead atoms. The summed E-state index contributed by atoms with van der Waals surface area (Å²) >= 11 is 15.3. The molecule has 30 rings (SSSR count). The first-order valence-corrected chi connectivity index (χ1v) is 39.9. The molecule has 40 heteroatoms. The van der Waals surface area contributed by atoms with Crippen LogP contribution in [0.15, 0.2) is 0 Å². The third-order valence-corrected chi connectivity index (χ3v) is 23.6. The van der Waals surface area contributed by atoms with E-state index in [0.29, 0.717) is 0 Å². The van der Waals surface area contributed by atoms with Crippen LogP contribution in [0.25, 0.3) is 0 Å². The first-order chi connectivity index (χ1) is 41.9. The van der Waals surface area contributed by atoms with Crippen LogP contribution in [-0.2, 0) is 75.8 Å². The van der Waals surface area contributed by atoms with Gasteiger partial charge in [0.2, 0.25) is 0 Å². The van der Waals surface area contributed by atoms with Gasteiger partial charge in [-0.2, -0.15) is 0 Å². The predicted octanol–water partition coefficient (Wildman–Crippen LogP) is -5.86. The van der Waals surface area contributed by atoms with E-state index in [0.717, 1.165) is 0 Å². The van der Waals surface area contributed by atoms with E-state index in [1.54, 1.807) is 0 Å². The number of halogens is 8. The first kappa shape index (κ1) is 76.7. The van der Waals surface area contributed by atoms with Gasteiger partial charge < -0.3 is 157 Å². The molecule has 0 aromatic heterocycles. The van der Waals surface area contributed by atoms with Crippen molar-refractivity contribution < 1.29 is 157 Å². The second-order valence-corrected chi connectivity index (χ2v) is 29.3. The van der Waals surface area contributed by atoms with Gasteiger partial charge >= 0.3 is 0 Å². The highest BCUT2D eigenvalue weighted by Crippen LogP contribution is 2.41. The van der Waals surface area contributed by atoms with E-state index in [1.807, 2.05) is 181 Å². The Balaban J connectivity index is 0.975. The zero-order chi connectivity index (χ0) is 64.1. The topological polar surface area (TPSA) is 471 Å². The molecule has 0 aromatic rings. The summed E-state index contributed by atoms with van der Waals surface area (Å²) in [6.07, 6.45) is -64.9. The summed E-state index contributed by atoms with van der Waals surface area (Å²) in [6.45, 7) is 0. The lowest BCUT2D eigenvalue weighted by atomic mass is 9.95. The van der Waals surface area contributed by atoms with Gasteiger partial charge in [0.1, 0.15) is 146 Å². The molecule has 0 radical (unpaired) electrons. The molecule has 32 nitrogen and oxygen atoms in total. The summed E-state index contributed by atoms with van der Waals surface area (Å²) in [6, 6.07) is 0. The van der Waals surface area contributed by atoms with E-state index in [9.17, 15) is 81.7 Å². The standard InChI is InChI=1S/C48H72I8O32/c49-1-9-33-17(57)25(65)41(73-9)82-34-10(2-50)75-43(27(67)19(34)59)84-36-12(4-52)77-45(29(69)21(36)61)86-38-14(6-54)79-47(31(71)23(38)63)88-40-16(8-56)80-48(32(72)24(40)64)87-39-15(7-55)78-46(30(70)22(39)62)85-37-13(5-53)76-44(28(68)20(37)60)83-35-11(3-51)74-42(81-33)26(66)18(35)58/h9-48,57-72H,1-8H2/t9-,10-,11-,12-,13-,14-,15-,16-,17-,18-,19-,20-,21-,22-,23-,24-,25-,26-,27-,28-,29-,30-,31-,32-,33-,34-,35-,36-,37-,38-,39-,40-,41-,42-,43-,44-,45-,46-,47-,48-/m1/s1. The summed E-state index contributed by atoms with van der Waals surface area (Å²) in [5.74, 6) is 0. The van der Waals surface area contributed by atoms with E-state index < -0.39 is 246 Å². The van der Waals surface area contributed by atoms with Crippen LogP contribution in [0.1, 0.15) is 0 Å². The fourth-order valence-electron chi connectivity index (χ4n) is 11.7. The lowest BCUT2D eigenvalue weighted by Crippen LogP contribution is -2.68. The van der Waals surface area contributed by atoms with Crippen LogP contribution < -0.4 is 0 Å². The SMILES string of the molecule is O[C@@H]1[C@@H](O)[C@H]2O[C@H]3[C@H](O)[C@@H](O)[C@@H](O[C@H]4[C@H](O)[C@@H](O)[C@@H](O[C@H]5[C@H](O)[C@@H](O)[C@@H](O[C@H]6[C@H](O)[C@@H](O)[C@@H](O[C@H]7[C@H](O)[C@@H](O)[C@@H](O[C@H]8[C@H](O)[C@@H](O)[C@@H](O[C@H]9[C@H](O)[C@@H](O)[C@@H](O[C@@H]1[C@@H](CI)O2)O[C@@H]9CI)O[C@@H]8CI)O[C@@H]7CI)O[C@@H]6CI)O[C@@H]5CI)O[C@@H]4CI)O[C@@H]3CI. The lowest BCUT2D eigenvalue weighted by Gasteiger charge is -2.51. The Morgan fingerprint density at radius 3 is 0.318 bits per heavy atom. The maximum absolute atomic E-state index is 11.7. The molecule has 16 N–H and O–H groups in total. The Hall–Kier alpha value is 4.56. The molecule has 30 aliphatic rings. The van der Waals surface area contributed by atoms with Gasteiger partial charge in [0.05, 0.1) is 48.8 Å². The molecule has 512 valence electrons. The number of aliphatic hydroxyl groups excluding tert-OH is 16. The molecule has 30 fully saturated rings. The van der Waals surface area contributed by atoms with Gasteiger partial charge in [-0.05, 0) is 0 Å². The first-order valence-electron chi connectivity index (χ1n) is 27.7. The molecule has 0 aliphatic carbocycles. The summed E-state index contributed by atoms with van der Waals surface area (Å²) in [5.41, 5.74) is 0. The van der Waals surface area contributed by atoms with Crippen molar-refractivity contribution in [2.75, 3.05) is 35.4 Å². The quantitative estimate of drug-likeness (QED) is 0.0795. The van der Waals surface area contributed by atoms with Crippen molar-refractivity contribution in [1.82, 2.24) is 0 Å². The van der Waals surface area contributed by atoms with Gasteiger partial charge in [0.15, 0.2) is 50.3 Å². The minimum Gasteiger partial charge on any atom is -0.387 e.